The average molecular weight is 229 g/mol. The maximum atomic E-state index is 10.0. The number of aliphatic hydroxyl groups is 1. The van der Waals surface area contributed by atoms with Crippen LogP contribution in [0.1, 0.15) is 25.7 Å². The first-order chi connectivity index (χ1) is 7.76. The van der Waals surface area contributed by atoms with Crippen LogP contribution in [-0.4, -0.2) is 61.7 Å². The van der Waals surface area contributed by atoms with Gasteiger partial charge in [0.25, 0.3) is 0 Å². The molecule has 2 aliphatic rings. The summed E-state index contributed by atoms with van der Waals surface area (Å²) in [6.45, 7) is 1.77. The van der Waals surface area contributed by atoms with Crippen molar-refractivity contribution in [1.29, 1.82) is 0 Å². The van der Waals surface area contributed by atoms with E-state index in [4.69, 9.17) is 9.47 Å². The Bertz CT molecular complexity index is 212. The molecule has 0 aromatic heterocycles. The third-order valence-corrected chi connectivity index (χ3v) is 4.01. The van der Waals surface area contributed by atoms with E-state index >= 15 is 0 Å². The minimum atomic E-state index is -0.165. The number of nitrogens with zero attached hydrogens (tertiary/aromatic N) is 1. The number of methoxy groups -OCH3 is 2. The van der Waals surface area contributed by atoms with E-state index in [1.165, 1.54) is 6.42 Å². The van der Waals surface area contributed by atoms with Gasteiger partial charge in [-0.1, -0.05) is 12.8 Å². The van der Waals surface area contributed by atoms with Crippen LogP contribution in [0.15, 0.2) is 0 Å². The quantitative estimate of drug-likeness (QED) is 0.771. The molecular weight excluding hydrogens is 206 g/mol. The second-order valence-electron chi connectivity index (χ2n) is 4.92. The molecule has 0 amide bonds. The SMILES string of the molecule is COC1CN([C@@H]2CCCC[C@H]2O)CC1OC. The van der Waals surface area contributed by atoms with Gasteiger partial charge in [0, 0.05) is 33.4 Å². The van der Waals surface area contributed by atoms with E-state index in [0.29, 0.717) is 6.04 Å². The third kappa shape index (κ3) is 2.40. The second kappa shape index (κ2) is 5.45. The molecule has 1 heterocycles. The summed E-state index contributed by atoms with van der Waals surface area (Å²) >= 11 is 0. The van der Waals surface area contributed by atoms with Crippen molar-refractivity contribution in [3.05, 3.63) is 0 Å². The van der Waals surface area contributed by atoms with Gasteiger partial charge >= 0.3 is 0 Å². The van der Waals surface area contributed by atoms with E-state index in [1.54, 1.807) is 14.2 Å². The van der Waals surface area contributed by atoms with Crippen molar-refractivity contribution in [3.63, 3.8) is 0 Å². The molecule has 4 nitrogen and oxygen atoms in total. The zero-order chi connectivity index (χ0) is 11.5. The summed E-state index contributed by atoms with van der Waals surface area (Å²) < 4.78 is 10.8. The van der Waals surface area contributed by atoms with Gasteiger partial charge in [-0.3, -0.25) is 4.90 Å². The summed E-state index contributed by atoms with van der Waals surface area (Å²) in [5, 5.41) is 10.0. The lowest BCUT2D eigenvalue weighted by atomic mass is 9.91. The van der Waals surface area contributed by atoms with E-state index in [9.17, 15) is 5.11 Å². The smallest absolute Gasteiger partial charge is 0.0971 e. The molecule has 1 N–H and O–H groups in total. The fourth-order valence-corrected chi connectivity index (χ4v) is 3.01. The normalized spacial score (nSPS) is 41.4. The topological polar surface area (TPSA) is 41.9 Å². The maximum Gasteiger partial charge on any atom is 0.0971 e. The van der Waals surface area contributed by atoms with Crippen molar-refractivity contribution in [1.82, 2.24) is 4.90 Å². The molecule has 0 aromatic rings. The van der Waals surface area contributed by atoms with E-state index in [0.717, 1.165) is 32.4 Å². The summed E-state index contributed by atoms with van der Waals surface area (Å²) in [4.78, 5) is 2.34. The number of rotatable bonds is 3. The second-order valence-corrected chi connectivity index (χ2v) is 4.92. The van der Waals surface area contributed by atoms with Crippen LogP contribution in [0.3, 0.4) is 0 Å². The van der Waals surface area contributed by atoms with Gasteiger partial charge < -0.3 is 14.6 Å². The zero-order valence-corrected chi connectivity index (χ0v) is 10.3. The van der Waals surface area contributed by atoms with Crippen LogP contribution in [-0.2, 0) is 9.47 Å². The molecule has 2 unspecified atom stereocenters. The standard InChI is InChI=1S/C12H23NO3/c1-15-11-7-13(8-12(11)16-2)9-5-3-4-6-10(9)14/h9-12,14H,3-8H2,1-2H3/t9-,10-,11?,12?/m1/s1. The molecule has 2 fully saturated rings. The van der Waals surface area contributed by atoms with Crippen LogP contribution < -0.4 is 0 Å². The lowest BCUT2D eigenvalue weighted by molar-refractivity contribution is -0.00461. The van der Waals surface area contributed by atoms with Crippen molar-refractivity contribution >= 4 is 0 Å². The van der Waals surface area contributed by atoms with Gasteiger partial charge in [-0.15, -0.1) is 0 Å². The van der Waals surface area contributed by atoms with Gasteiger partial charge in [-0.25, -0.2) is 0 Å². The van der Waals surface area contributed by atoms with Crippen LogP contribution in [0, 0.1) is 0 Å². The molecule has 2 rings (SSSR count). The van der Waals surface area contributed by atoms with Crippen molar-refractivity contribution in [3.8, 4) is 0 Å². The largest absolute Gasteiger partial charge is 0.391 e. The minimum absolute atomic E-state index is 0.152. The van der Waals surface area contributed by atoms with Gasteiger partial charge in [-0.2, -0.15) is 0 Å². The highest BCUT2D eigenvalue weighted by atomic mass is 16.5. The number of likely N-dealkylation sites (tertiary alicyclic amines) is 1. The van der Waals surface area contributed by atoms with Crippen LogP contribution >= 0.6 is 0 Å². The van der Waals surface area contributed by atoms with Gasteiger partial charge in [0.15, 0.2) is 0 Å². The van der Waals surface area contributed by atoms with Gasteiger partial charge in [-0.05, 0) is 12.8 Å². The number of hydrogen-bond donors (Lipinski definition) is 1. The van der Waals surface area contributed by atoms with E-state index in [-0.39, 0.29) is 18.3 Å². The van der Waals surface area contributed by atoms with Crippen molar-refractivity contribution in [2.24, 2.45) is 0 Å². The average Bonchev–Trinajstić information content (AvgIpc) is 2.72. The van der Waals surface area contributed by atoms with Crippen molar-refractivity contribution < 1.29 is 14.6 Å². The summed E-state index contributed by atoms with van der Waals surface area (Å²) in [6.07, 6.45) is 4.57. The van der Waals surface area contributed by atoms with Crippen LogP contribution in [0.2, 0.25) is 0 Å². The summed E-state index contributed by atoms with van der Waals surface area (Å²) in [5.74, 6) is 0. The van der Waals surface area contributed by atoms with Crippen molar-refractivity contribution in [2.45, 2.75) is 50.0 Å². The number of ether oxygens (including phenoxy) is 2. The Balaban J connectivity index is 1.95. The molecular formula is C12H23NO3. The maximum absolute atomic E-state index is 10.0. The third-order valence-electron chi connectivity index (χ3n) is 4.01. The minimum Gasteiger partial charge on any atom is -0.391 e. The molecule has 94 valence electrons. The van der Waals surface area contributed by atoms with E-state index < -0.39 is 0 Å². The molecule has 1 aliphatic heterocycles. The first kappa shape index (κ1) is 12.3. The van der Waals surface area contributed by atoms with E-state index in [2.05, 4.69) is 4.90 Å². The zero-order valence-electron chi connectivity index (χ0n) is 10.3. The highest BCUT2D eigenvalue weighted by Gasteiger charge is 2.39. The molecule has 4 heteroatoms. The van der Waals surface area contributed by atoms with E-state index in [1.807, 2.05) is 0 Å². The highest BCUT2D eigenvalue weighted by molar-refractivity contribution is 4.93. The fraction of sp³-hybridized carbons (Fsp3) is 1.00. The molecule has 0 bridgehead atoms. The Kier molecular flexibility index (Phi) is 4.19. The predicted octanol–water partition coefficient (Wildman–Crippen LogP) is 0.635. The lowest BCUT2D eigenvalue weighted by Crippen LogP contribution is -2.44. The van der Waals surface area contributed by atoms with Gasteiger partial charge in [0.2, 0.25) is 0 Å². The molecule has 4 atom stereocenters. The molecule has 1 saturated heterocycles. The van der Waals surface area contributed by atoms with Gasteiger partial charge in [0.05, 0.1) is 18.3 Å². The molecule has 1 saturated carbocycles. The van der Waals surface area contributed by atoms with Crippen LogP contribution in [0.25, 0.3) is 0 Å². The lowest BCUT2D eigenvalue weighted by Gasteiger charge is -2.35. The van der Waals surface area contributed by atoms with Gasteiger partial charge in [0.1, 0.15) is 0 Å². The first-order valence-corrected chi connectivity index (χ1v) is 6.24. The Morgan fingerprint density at radius 3 is 2.06 bits per heavy atom. The Morgan fingerprint density at radius 1 is 1.00 bits per heavy atom. The predicted molar refractivity (Wildman–Crippen MR) is 61.4 cm³/mol. The molecule has 1 aliphatic carbocycles. The molecule has 0 spiro atoms. The van der Waals surface area contributed by atoms with Crippen LogP contribution in [0.5, 0.6) is 0 Å². The number of hydrogen-bond acceptors (Lipinski definition) is 4. The Hall–Kier alpha value is -0.160. The Morgan fingerprint density at radius 2 is 1.56 bits per heavy atom. The summed E-state index contributed by atoms with van der Waals surface area (Å²) in [6, 6.07) is 0.312. The fourth-order valence-electron chi connectivity index (χ4n) is 3.01. The monoisotopic (exact) mass is 229 g/mol. The summed E-state index contributed by atoms with van der Waals surface area (Å²) in [5.41, 5.74) is 0. The molecule has 0 aromatic carbocycles. The molecule has 0 radical (unpaired) electrons. The number of aliphatic hydroxyl groups excluding tert-OH is 1. The van der Waals surface area contributed by atoms with Crippen LogP contribution in [0.4, 0.5) is 0 Å². The van der Waals surface area contributed by atoms with Crippen molar-refractivity contribution in [2.75, 3.05) is 27.3 Å². The Labute approximate surface area is 97.5 Å². The summed E-state index contributed by atoms with van der Waals surface area (Å²) in [7, 11) is 3.47. The first-order valence-electron chi connectivity index (χ1n) is 6.24. The molecule has 16 heavy (non-hydrogen) atoms. The highest BCUT2D eigenvalue weighted by Crippen LogP contribution is 2.27.